The molecule has 5 nitrogen and oxygen atoms in total. The summed E-state index contributed by atoms with van der Waals surface area (Å²) in [5.74, 6) is 7.20. The second-order valence-corrected chi connectivity index (χ2v) is 6.58. The zero-order valence-corrected chi connectivity index (χ0v) is 16.2. The molecule has 0 radical (unpaired) electrons. The lowest BCUT2D eigenvalue weighted by Gasteiger charge is -2.04. The zero-order chi connectivity index (χ0) is 20.6. The summed E-state index contributed by atoms with van der Waals surface area (Å²) < 4.78 is 5.75. The summed E-state index contributed by atoms with van der Waals surface area (Å²) in [7, 11) is 0. The summed E-state index contributed by atoms with van der Waals surface area (Å²) in [5, 5.41) is 2.90. The molecule has 0 bridgehead atoms. The number of aryl methyl sites for hydroxylation is 1. The number of amides is 1. The van der Waals surface area contributed by atoms with Gasteiger partial charge in [0.1, 0.15) is 5.69 Å². The van der Waals surface area contributed by atoms with Crippen LogP contribution in [0.15, 0.2) is 89.6 Å². The molecule has 0 atom stereocenters. The number of pyridine rings is 1. The smallest absolute Gasteiger partial charge is 0.224 e. The van der Waals surface area contributed by atoms with Crippen molar-refractivity contribution in [2.45, 2.75) is 12.8 Å². The van der Waals surface area contributed by atoms with Gasteiger partial charge in [-0.05, 0) is 36.3 Å². The molecule has 0 saturated carbocycles. The van der Waals surface area contributed by atoms with Crippen LogP contribution in [0.4, 0.5) is 5.69 Å². The highest BCUT2D eigenvalue weighted by molar-refractivity contribution is 5.90. The first-order valence-corrected chi connectivity index (χ1v) is 9.59. The van der Waals surface area contributed by atoms with E-state index in [2.05, 4.69) is 27.1 Å². The zero-order valence-electron chi connectivity index (χ0n) is 16.2. The number of carbonyl (C=O) groups is 1. The topological polar surface area (TPSA) is 68.0 Å². The summed E-state index contributed by atoms with van der Waals surface area (Å²) in [6, 6.07) is 22.8. The molecule has 2 aromatic heterocycles. The van der Waals surface area contributed by atoms with E-state index in [-0.39, 0.29) is 12.3 Å². The van der Waals surface area contributed by atoms with E-state index >= 15 is 0 Å². The molecule has 1 amide bonds. The van der Waals surface area contributed by atoms with Gasteiger partial charge < -0.3 is 9.73 Å². The summed E-state index contributed by atoms with van der Waals surface area (Å²) in [5.41, 5.74) is 3.17. The Bertz CT molecular complexity index is 1190. The number of anilines is 1. The van der Waals surface area contributed by atoms with Crippen molar-refractivity contribution in [2.75, 3.05) is 5.32 Å². The van der Waals surface area contributed by atoms with Crippen molar-refractivity contribution in [1.82, 2.24) is 9.97 Å². The molecule has 0 spiro atoms. The third kappa shape index (κ3) is 5.21. The van der Waals surface area contributed by atoms with E-state index in [9.17, 15) is 4.79 Å². The predicted octanol–water partition coefficient (Wildman–Crippen LogP) is 4.71. The number of hydrogen-bond donors (Lipinski definition) is 1. The molecule has 0 aliphatic heterocycles. The molecular weight excluding hydrogens is 374 g/mol. The van der Waals surface area contributed by atoms with E-state index < -0.39 is 0 Å². The molecule has 0 unspecified atom stereocenters. The highest BCUT2D eigenvalue weighted by Crippen LogP contribution is 2.20. The standard InChI is InChI=1S/C25H19N3O2/c29-24(14-15-25-27-18-23(30-25)20-8-2-1-3-9-20)28-22-11-6-7-19(17-22)12-13-21-10-4-5-16-26-21/h1-11,16-18H,14-15H2,(H,28,29). The largest absolute Gasteiger partial charge is 0.441 e. The maximum absolute atomic E-state index is 12.3. The lowest BCUT2D eigenvalue weighted by molar-refractivity contribution is -0.116. The highest BCUT2D eigenvalue weighted by Gasteiger charge is 2.09. The van der Waals surface area contributed by atoms with Gasteiger partial charge in [-0.25, -0.2) is 9.97 Å². The molecule has 30 heavy (non-hydrogen) atoms. The monoisotopic (exact) mass is 393 g/mol. The Balaban J connectivity index is 1.34. The Morgan fingerprint density at radius 2 is 1.80 bits per heavy atom. The van der Waals surface area contributed by atoms with Gasteiger partial charge in [-0.1, -0.05) is 48.4 Å². The lowest BCUT2D eigenvalue weighted by Crippen LogP contribution is -2.12. The second kappa shape index (κ2) is 9.35. The van der Waals surface area contributed by atoms with E-state index in [1.807, 2.05) is 72.8 Å². The normalized spacial score (nSPS) is 10.1. The Kier molecular flexibility index (Phi) is 5.97. The third-order valence-corrected chi connectivity index (χ3v) is 4.32. The quantitative estimate of drug-likeness (QED) is 0.499. The first kappa shape index (κ1) is 19.2. The third-order valence-electron chi connectivity index (χ3n) is 4.32. The average molecular weight is 393 g/mol. The Labute approximate surface area is 174 Å². The van der Waals surface area contributed by atoms with E-state index in [1.165, 1.54) is 0 Å². The first-order chi connectivity index (χ1) is 14.8. The Morgan fingerprint density at radius 3 is 2.63 bits per heavy atom. The van der Waals surface area contributed by atoms with Gasteiger partial charge in [0.25, 0.3) is 0 Å². The number of rotatable bonds is 5. The molecule has 4 aromatic rings. The van der Waals surface area contributed by atoms with Crippen molar-refractivity contribution in [3.63, 3.8) is 0 Å². The van der Waals surface area contributed by atoms with Gasteiger partial charge in [0.15, 0.2) is 11.7 Å². The van der Waals surface area contributed by atoms with Crippen molar-refractivity contribution >= 4 is 11.6 Å². The SMILES string of the molecule is O=C(CCc1ncc(-c2ccccc2)o1)Nc1cccc(C#Cc2ccccn2)c1. The minimum absolute atomic E-state index is 0.107. The van der Waals surface area contributed by atoms with Crippen LogP contribution in [-0.2, 0) is 11.2 Å². The molecular formula is C25H19N3O2. The van der Waals surface area contributed by atoms with Gasteiger partial charge >= 0.3 is 0 Å². The summed E-state index contributed by atoms with van der Waals surface area (Å²) >= 11 is 0. The minimum Gasteiger partial charge on any atom is -0.441 e. The van der Waals surface area contributed by atoms with Crippen LogP contribution in [0.25, 0.3) is 11.3 Å². The summed E-state index contributed by atoms with van der Waals surface area (Å²) in [6.07, 6.45) is 4.10. The van der Waals surface area contributed by atoms with Crippen LogP contribution >= 0.6 is 0 Å². The van der Waals surface area contributed by atoms with Crippen LogP contribution < -0.4 is 5.32 Å². The van der Waals surface area contributed by atoms with Crippen molar-refractivity contribution in [1.29, 1.82) is 0 Å². The van der Waals surface area contributed by atoms with Crippen LogP contribution in [0.5, 0.6) is 0 Å². The molecule has 0 saturated heterocycles. The fraction of sp³-hybridized carbons (Fsp3) is 0.0800. The number of nitrogens with zero attached hydrogens (tertiary/aromatic N) is 2. The second-order valence-electron chi connectivity index (χ2n) is 6.58. The number of aromatic nitrogens is 2. The van der Waals surface area contributed by atoms with Crippen LogP contribution in [0.3, 0.4) is 0 Å². The number of hydrogen-bond acceptors (Lipinski definition) is 4. The molecule has 5 heteroatoms. The predicted molar refractivity (Wildman–Crippen MR) is 116 cm³/mol. The molecule has 0 fully saturated rings. The molecule has 2 aromatic carbocycles. The summed E-state index contributed by atoms with van der Waals surface area (Å²) in [4.78, 5) is 20.8. The van der Waals surface area contributed by atoms with E-state index in [1.54, 1.807) is 12.4 Å². The molecule has 0 aliphatic rings. The molecule has 146 valence electrons. The molecule has 2 heterocycles. The fourth-order valence-corrected chi connectivity index (χ4v) is 2.85. The Hall–Kier alpha value is -4.17. The maximum Gasteiger partial charge on any atom is 0.224 e. The summed E-state index contributed by atoms with van der Waals surface area (Å²) in [6.45, 7) is 0. The van der Waals surface area contributed by atoms with Gasteiger partial charge in [-0.15, -0.1) is 0 Å². The van der Waals surface area contributed by atoms with Crippen molar-refractivity contribution < 1.29 is 9.21 Å². The van der Waals surface area contributed by atoms with Gasteiger partial charge in [0.05, 0.1) is 6.20 Å². The van der Waals surface area contributed by atoms with E-state index in [0.29, 0.717) is 29.5 Å². The van der Waals surface area contributed by atoms with Crippen LogP contribution in [-0.4, -0.2) is 15.9 Å². The number of nitrogens with one attached hydrogen (secondary N) is 1. The number of carbonyl (C=O) groups excluding carboxylic acids is 1. The molecule has 0 aliphatic carbocycles. The van der Waals surface area contributed by atoms with Gasteiger partial charge in [0.2, 0.25) is 5.91 Å². The number of oxazole rings is 1. The lowest BCUT2D eigenvalue weighted by atomic mass is 10.2. The molecule has 4 rings (SSSR count). The van der Waals surface area contributed by atoms with Gasteiger partial charge in [0, 0.05) is 35.9 Å². The van der Waals surface area contributed by atoms with Crippen molar-refractivity contribution in [2.24, 2.45) is 0 Å². The number of benzene rings is 2. The minimum atomic E-state index is -0.107. The van der Waals surface area contributed by atoms with Gasteiger partial charge in [-0.2, -0.15) is 0 Å². The van der Waals surface area contributed by atoms with Gasteiger partial charge in [-0.3, -0.25) is 4.79 Å². The van der Waals surface area contributed by atoms with E-state index in [4.69, 9.17) is 4.42 Å². The highest BCUT2D eigenvalue weighted by atomic mass is 16.4. The fourth-order valence-electron chi connectivity index (χ4n) is 2.85. The maximum atomic E-state index is 12.3. The first-order valence-electron chi connectivity index (χ1n) is 9.59. The average Bonchev–Trinajstić information content (AvgIpc) is 3.27. The van der Waals surface area contributed by atoms with Crippen molar-refractivity contribution in [3.8, 4) is 23.2 Å². The van der Waals surface area contributed by atoms with Crippen LogP contribution in [0, 0.1) is 11.8 Å². The van der Waals surface area contributed by atoms with Crippen molar-refractivity contribution in [3.05, 3.63) is 102 Å². The van der Waals surface area contributed by atoms with Crippen LogP contribution in [0.2, 0.25) is 0 Å². The Morgan fingerprint density at radius 1 is 0.933 bits per heavy atom. The van der Waals surface area contributed by atoms with Crippen LogP contribution in [0.1, 0.15) is 23.6 Å². The van der Waals surface area contributed by atoms with E-state index in [0.717, 1.165) is 11.1 Å². The molecule has 1 N–H and O–H groups in total.